The van der Waals surface area contributed by atoms with Gasteiger partial charge in [0.05, 0.1) is 12.1 Å². The first kappa shape index (κ1) is 17.9. The van der Waals surface area contributed by atoms with Crippen LogP contribution in [0.5, 0.6) is 0 Å². The second-order valence-corrected chi connectivity index (χ2v) is 5.83. The van der Waals surface area contributed by atoms with Crippen LogP contribution in [0.3, 0.4) is 0 Å². The first-order chi connectivity index (χ1) is 11.6. The van der Waals surface area contributed by atoms with Crippen LogP contribution in [0.15, 0.2) is 48.8 Å². The minimum Gasteiger partial charge on any atom is -0.393 e. The van der Waals surface area contributed by atoms with Gasteiger partial charge in [-0.3, -0.25) is 4.98 Å². The van der Waals surface area contributed by atoms with Gasteiger partial charge in [0.2, 0.25) is 0 Å². The monoisotopic (exact) mass is 327 g/mol. The lowest BCUT2D eigenvalue weighted by atomic mass is 10.0. The van der Waals surface area contributed by atoms with E-state index < -0.39 is 0 Å². The van der Waals surface area contributed by atoms with Crippen molar-refractivity contribution in [1.29, 1.82) is 0 Å². The Morgan fingerprint density at radius 3 is 2.38 bits per heavy atom. The van der Waals surface area contributed by atoms with Crippen LogP contribution >= 0.6 is 0 Å². The fraction of sp³-hybridized carbons (Fsp3) is 0.368. The quantitative estimate of drug-likeness (QED) is 0.730. The highest BCUT2D eigenvalue weighted by atomic mass is 16.3. The van der Waals surface area contributed by atoms with Gasteiger partial charge in [-0.1, -0.05) is 31.2 Å². The summed E-state index contributed by atoms with van der Waals surface area (Å²) in [5.41, 5.74) is 3.27. The fourth-order valence-corrected chi connectivity index (χ4v) is 2.40. The maximum atomic E-state index is 11.9. The smallest absolute Gasteiger partial charge is 0.315 e. The third kappa shape index (κ3) is 5.35. The molecular weight excluding hydrogens is 302 g/mol. The number of pyridine rings is 1. The average Bonchev–Trinajstić information content (AvgIpc) is 2.62. The van der Waals surface area contributed by atoms with Gasteiger partial charge >= 0.3 is 6.03 Å². The molecule has 0 fully saturated rings. The minimum atomic E-state index is -0.358. The van der Waals surface area contributed by atoms with Gasteiger partial charge in [-0.05, 0) is 48.6 Å². The Bertz CT molecular complexity index is 629. The molecule has 0 saturated carbocycles. The molecule has 2 atom stereocenters. The van der Waals surface area contributed by atoms with Crippen molar-refractivity contribution >= 4 is 6.03 Å². The molecule has 0 saturated heterocycles. The number of benzene rings is 1. The molecule has 0 spiro atoms. The molecular formula is C19H25N3O2. The van der Waals surface area contributed by atoms with Gasteiger partial charge in [0, 0.05) is 18.9 Å². The van der Waals surface area contributed by atoms with Gasteiger partial charge in [0.1, 0.15) is 0 Å². The molecule has 1 aromatic heterocycles. The zero-order valence-electron chi connectivity index (χ0n) is 14.2. The third-order valence-electron chi connectivity index (χ3n) is 4.01. The van der Waals surface area contributed by atoms with Crippen LogP contribution in [-0.4, -0.2) is 28.8 Å². The van der Waals surface area contributed by atoms with Crippen LogP contribution in [-0.2, 0) is 0 Å². The summed E-state index contributed by atoms with van der Waals surface area (Å²) in [5.74, 6) is 0. The lowest BCUT2D eigenvalue weighted by molar-refractivity contribution is 0.160. The van der Waals surface area contributed by atoms with Crippen LogP contribution < -0.4 is 10.6 Å². The minimum absolute atomic E-state index is 0.0902. The Hall–Kier alpha value is -2.40. The molecule has 2 unspecified atom stereocenters. The van der Waals surface area contributed by atoms with E-state index in [0.717, 1.165) is 16.7 Å². The number of amides is 2. The number of carbonyl (C=O) groups excluding carboxylic acids is 1. The molecule has 0 radical (unpaired) electrons. The summed E-state index contributed by atoms with van der Waals surface area (Å²) in [6.07, 6.45) is 4.45. The van der Waals surface area contributed by atoms with Crippen LogP contribution in [0.1, 0.15) is 38.3 Å². The van der Waals surface area contributed by atoms with Crippen LogP contribution in [0, 0.1) is 0 Å². The largest absolute Gasteiger partial charge is 0.393 e. The zero-order chi connectivity index (χ0) is 17.4. The number of urea groups is 1. The third-order valence-corrected chi connectivity index (χ3v) is 4.01. The normalized spacial score (nSPS) is 13.1. The molecule has 1 heterocycles. The van der Waals surface area contributed by atoms with Gasteiger partial charge in [-0.15, -0.1) is 0 Å². The van der Waals surface area contributed by atoms with Crippen molar-refractivity contribution in [1.82, 2.24) is 15.6 Å². The molecule has 5 nitrogen and oxygen atoms in total. The molecule has 0 aliphatic carbocycles. The van der Waals surface area contributed by atoms with Crippen molar-refractivity contribution in [3.63, 3.8) is 0 Å². The SMILES string of the molecule is CCC(O)CCNC(=O)NC(C)c1ccc(-c2ccncc2)cc1. The predicted octanol–water partition coefficient (Wildman–Crippen LogP) is 3.27. The molecule has 2 rings (SSSR count). The molecule has 24 heavy (non-hydrogen) atoms. The summed E-state index contributed by atoms with van der Waals surface area (Å²) in [6, 6.07) is 11.7. The number of hydrogen-bond acceptors (Lipinski definition) is 3. The van der Waals surface area contributed by atoms with Crippen molar-refractivity contribution < 1.29 is 9.90 Å². The number of aliphatic hydroxyl groups is 1. The standard InChI is InChI=1S/C19H25N3O2/c1-3-18(23)10-13-21-19(24)22-14(2)15-4-6-16(7-5-15)17-8-11-20-12-9-17/h4-9,11-12,14,18,23H,3,10,13H2,1-2H3,(H2,21,22,24). The van der Waals surface area contributed by atoms with E-state index in [4.69, 9.17) is 0 Å². The highest BCUT2D eigenvalue weighted by Gasteiger charge is 2.10. The molecule has 0 bridgehead atoms. The first-order valence-electron chi connectivity index (χ1n) is 8.33. The van der Waals surface area contributed by atoms with Gasteiger partial charge in [0.25, 0.3) is 0 Å². The van der Waals surface area contributed by atoms with E-state index in [1.165, 1.54) is 0 Å². The Kier molecular flexibility index (Phi) is 6.75. The zero-order valence-corrected chi connectivity index (χ0v) is 14.2. The Labute approximate surface area is 143 Å². The Balaban J connectivity index is 1.86. The van der Waals surface area contributed by atoms with Gasteiger partial charge in [-0.2, -0.15) is 0 Å². The van der Waals surface area contributed by atoms with Crippen LogP contribution in [0.2, 0.25) is 0 Å². The molecule has 2 aromatic rings. The van der Waals surface area contributed by atoms with Crippen LogP contribution in [0.4, 0.5) is 4.79 Å². The number of aromatic nitrogens is 1. The van der Waals surface area contributed by atoms with Crippen LogP contribution in [0.25, 0.3) is 11.1 Å². The summed E-state index contributed by atoms with van der Waals surface area (Å²) in [6.45, 7) is 4.33. The second-order valence-electron chi connectivity index (χ2n) is 5.83. The summed E-state index contributed by atoms with van der Waals surface area (Å²) in [4.78, 5) is 15.9. The highest BCUT2D eigenvalue weighted by molar-refractivity contribution is 5.74. The van der Waals surface area contributed by atoms with Crippen molar-refractivity contribution in [2.24, 2.45) is 0 Å². The number of carbonyl (C=O) groups is 1. The van der Waals surface area contributed by atoms with E-state index in [2.05, 4.69) is 15.6 Å². The summed E-state index contributed by atoms with van der Waals surface area (Å²) in [5, 5.41) is 15.1. The fourth-order valence-electron chi connectivity index (χ4n) is 2.40. The number of aliphatic hydroxyl groups excluding tert-OH is 1. The molecule has 128 valence electrons. The number of hydrogen-bond donors (Lipinski definition) is 3. The van der Waals surface area contributed by atoms with Crippen molar-refractivity contribution in [2.45, 2.75) is 38.8 Å². The van der Waals surface area contributed by atoms with E-state index >= 15 is 0 Å². The van der Waals surface area contributed by atoms with E-state index in [1.54, 1.807) is 12.4 Å². The van der Waals surface area contributed by atoms with E-state index in [1.807, 2.05) is 50.2 Å². The van der Waals surface area contributed by atoms with Crippen molar-refractivity contribution in [3.8, 4) is 11.1 Å². The van der Waals surface area contributed by atoms with E-state index in [9.17, 15) is 9.90 Å². The van der Waals surface area contributed by atoms with E-state index in [0.29, 0.717) is 19.4 Å². The van der Waals surface area contributed by atoms with Gasteiger partial charge in [-0.25, -0.2) is 4.79 Å². The number of rotatable bonds is 7. The first-order valence-corrected chi connectivity index (χ1v) is 8.33. The Morgan fingerprint density at radius 2 is 1.75 bits per heavy atom. The summed E-state index contributed by atoms with van der Waals surface area (Å²) >= 11 is 0. The molecule has 5 heteroatoms. The molecule has 1 aromatic carbocycles. The molecule has 2 amide bonds. The molecule has 0 aliphatic heterocycles. The molecule has 3 N–H and O–H groups in total. The van der Waals surface area contributed by atoms with Crippen molar-refractivity contribution in [2.75, 3.05) is 6.54 Å². The lowest BCUT2D eigenvalue weighted by Gasteiger charge is -2.16. The van der Waals surface area contributed by atoms with E-state index in [-0.39, 0.29) is 18.2 Å². The highest BCUT2D eigenvalue weighted by Crippen LogP contribution is 2.21. The molecule has 0 aliphatic rings. The Morgan fingerprint density at radius 1 is 1.12 bits per heavy atom. The topological polar surface area (TPSA) is 74.2 Å². The average molecular weight is 327 g/mol. The summed E-state index contributed by atoms with van der Waals surface area (Å²) in [7, 11) is 0. The predicted molar refractivity (Wildman–Crippen MR) is 95.5 cm³/mol. The van der Waals surface area contributed by atoms with Gasteiger partial charge < -0.3 is 15.7 Å². The maximum Gasteiger partial charge on any atom is 0.315 e. The number of nitrogens with zero attached hydrogens (tertiary/aromatic N) is 1. The number of nitrogens with one attached hydrogen (secondary N) is 2. The van der Waals surface area contributed by atoms with Gasteiger partial charge in [0.15, 0.2) is 0 Å². The second kappa shape index (κ2) is 9.03. The summed E-state index contributed by atoms with van der Waals surface area (Å²) < 4.78 is 0. The van der Waals surface area contributed by atoms with Crippen molar-refractivity contribution in [3.05, 3.63) is 54.4 Å². The maximum absolute atomic E-state index is 11.9. The lowest BCUT2D eigenvalue weighted by Crippen LogP contribution is -2.38.